The Bertz CT molecular complexity index is 1640. The summed E-state index contributed by atoms with van der Waals surface area (Å²) in [4.78, 5) is 33.7. The molecule has 2 aliphatic rings. The number of aromatic nitrogens is 1. The quantitative estimate of drug-likeness (QED) is 0.354. The number of ether oxygens (including phenoxy) is 2. The molecule has 9 nitrogen and oxygen atoms in total. The van der Waals surface area contributed by atoms with Gasteiger partial charge in [-0.1, -0.05) is 36.4 Å². The molecule has 3 heterocycles. The number of amides is 2. The van der Waals surface area contributed by atoms with Crippen LogP contribution in [-0.4, -0.2) is 84.8 Å². The van der Waals surface area contributed by atoms with Crippen LogP contribution in [0.25, 0.3) is 11.1 Å². The number of anilines is 1. The maximum atomic E-state index is 14.2. The highest BCUT2D eigenvalue weighted by atomic mass is 16.5. The van der Waals surface area contributed by atoms with Crippen LogP contribution in [0.3, 0.4) is 0 Å². The normalized spacial score (nSPS) is 15.0. The zero-order chi connectivity index (χ0) is 29.9. The molecule has 9 heteroatoms. The molecule has 0 bridgehead atoms. The van der Waals surface area contributed by atoms with Gasteiger partial charge in [-0.25, -0.2) is 0 Å². The average Bonchev–Trinajstić information content (AvgIpc) is 3.37. The van der Waals surface area contributed by atoms with Crippen molar-refractivity contribution in [2.24, 2.45) is 0 Å². The van der Waals surface area contributed by atoms with E-state index in [0.29, 0.717) is 49.7 Å². The number of benzene rings is 3. The highest BCUT2D eigenvalue weighted by molar-refractivity contribution is 6.07. The molecule has 2 amide bonds. The fraction of sp³-hybridized carbons (Fsp3) is 0.294. The lowest BCUT2D eigenvalue weighted by molar-refractivity contribution is 0.0605. The van der Waals surface area contributed by atoms with Gasteiger partial charge in [0.1, 0.15) is 17.2 Å². The van der Waals surface area contributed by atoms with E-state index in [1.165, 1.54) is 0 Å². The second kappa shape index (κ2) is 12.3. The number of hydrogen-bond acceptors (Lipinski definition) is 6. The van der Waals surface area contributed by atoms with Crippen molar-refractivity contribution in [3.63, 3.8) is 0 Å². The maximum Gasteiger partial charge on any atom is 0.270 e. The number of methoxy groups -OCH3 is 2. The van der Waals surface area contributed by atoms with Gasteiger partial charge in [0, 0.05) is 60.8 Å². The van der Waals surface area contributed by atoms with Gasteiger partial charge in [-0.15, -0.1) is 0 Å². The van der Waals surface area contributed by atoms with Crippen molar-refractivity contribution in [2.45, 2.75) is 13.1 Å². The number of carbonyl (C=O) groups excluding carboxylic acids is 2. The zero-order valence-electron chi connectivity index (χ0n) is 24.5. The Hall–Kier alpha value is -4.60. The predicted molar refractivity (Wildman–Crippen MR) is 165 cm³/mol. The molecule has 2 aliphatic heterocycles. The number of para-hydroxylation sites is 2. The molecule has 1 saturated heterocycles. The van der Waals surface area contributed by atoms with Crippen LogP contribution < -0.4 is 14.4 Å². The summed E-state index contributed by atoms with van der Waals surface area (Å²) in [5.74, 6) is 1.14. The second-order valence-corrected chi connectivity index (χ2v) is 10.8. The molecule has 1 aromatic heterocycles. The molecule has 3 aromatic carbocycles. The SMILES string of the molecule is COc1ccccc1-c1ccc(C(=O)N2Cc3ccc(C(=O)N4CCN(CCO)CC4)n3Cc3ccccc32)cc1OC. The van der Waals surface area contributed by atoms with Crippen molar-refractivity contribution in [1.82, 2.24) is 14.4 Å². The number of hydrogen-bond donors (Lipinski definition) is 1. The van der Waals surface area contributed by atoms with Crippen LogP contribution in [-0.2, 0) is 13.1 Å². The van der Waals surface area contributed by atoms with Crippen LogP contribution in [0.4, 0.5) is 5.69 Å². The molecule has 4 aromatic rings. The summed E-state index contributed by atoms with van der Waals surface area (Å²) in [5, 5.41) is 9.26. The molecule has 1 fully saturated rings. The summed E-state index contributed by atoms with van der Waals surface area (Å²) >= 11 is 0. The van der Waals surface area contributed by atoms with Gasteiger partial charge in [0.15, 0.2) is 0 Å². The lowest BCUT2D eigenvalue weighted by Gasteiger charge is -2.34. The van der Waals surface area contributed by atoms with Crippen molar-refractivity contribution in [3.05, 3.63) is 101 Å². The zero-order valence-corrected chi connectivity index (χ0v) is 24.5. The van der Waals surface area contributed by atoms with Crippen LogP contribution >= 0.6 is 0 Å². The number of aliphatic hydroxyl groups is 1. The van der Waals surface area contributed by atoms with E-state index in [-0.39, 0.29) is 18.4 Å². The average molecular weight is 581 g/mol. The molecular weight excluding hydrogens is 544 g/mol. The van der Waals surface area contributed by atoms with E-state index in [0.717, 1.165) is 46.9 Å². The van der Waals surface area contributed by atoms with Crippen molar-refractivity contribution < 1.29 is 24.2 Å². The fourth-order valence-corrected chi connectivity index (χ4v) is 6.08. The van der Waals surface area contributed by atoms with Gasteiger partial charge in [0.2, 0.25) is 0 Å². The predicted octanol–water partition coefficient (Wildman–Crippen LogP) is 4.13. The Balaban J connectivity index is 1.31. The maximum absolute atomic E-state index is 14.2. The molecule has 1 N–H and O–H groups in total. The summed E-state index contributed by atoms with van der Waals surface area (Å²) in [6.07, 6.45) is 0. The fourth-order valence-electron chi connectivity index (χ4n) is 6.08. The van der Waals surface area contributed by atoms with Crippen molar-refractivity contribution >= 4 is 17.5 Å². The summed E-state index contributed by atoms with van der Waals surface area (Å²) in [5.41, 5.74) is 5.52. The van der Waals surface area contributed by atoms with Crippen LogP contribution in [0.2, 0.25) is 0 Å². The molecular formula is C34H36N4O5. The number of piperazine rings is 1. The van der Waals surface area contributed by atoms with E-state index >= 15 is 0 Å². The van der Waals surface area contributed by atoms with E-state index in [1.54, 1.807) is 25.2 Å². The summed E-state index contributed by atoms with van der Waals surface area (Å²) < 4.78 is 13.3. The largest absolute Gasteiger partial charge is 0.496 e. The second-order valence-electron chi connectivity index (χ2n) is 10.8. The first-order valence-electron chi connectivity index (χ1n) is 14.5. The van der Waals surface area contributed by atoms with Gasteiger partial charge in [0.05, 0.1) is 33.9 Å². The number of rotatable bonds is 7. The van der Waals surface area contributed by atoms with Gasteiger partial charge in [-0.3, -0.25) is 14.5 Å². The number of carbonyl (C=O) groups is 2. The van der Waals surface area contributed by atoms with Gasteiger partial charge in [0.25, 0.3) is 11.8 Å². The first-order valence-corrected chi connectivity index (χ1v) is 14.5. The monoisotopic (exact) mass is 580 g/mol. The molecule has 0 unspecified atom stereocenters. The van der Waals surface area contributed by atoms with E-state index in [1.807, 2.05) is 82.3 Å². The van der Waals surface area contributed by atoms with Gasteiger partial charge >= 0.3 is 0 Å². The van der Waals surface area contributed by atoms with Gasteiger partial charge < -0.3 is 28.9 Å². The lowest BCUT2D eigenvalue weighted by atomic mass is 10.0. The minimum Gasteiger partial charge on any atom is -0.496 e. The standard InChI is InChI=1S/C34H36N4O5/c1-42-31-10-6-4-8-27(31)28-13-11-24(21-32(28)43-2)33(40)38-23-26-12-14-30(37(26)22-25-7-3-5-9-29(25)38)34(41)36-17-15-35(16-18-36)19-20-39/h3-14,21,39H,15-20,22-23H2,1-2H3. The number of β-amino-alcohol motifs (C(OH)–C–C–N with tert-alkyl or cyclic N) is 1. The molecule has 0 aliphatic carbocycles. The Morgan fingerprint density at radius 1 is 0.767 bits per heavy atom. The molecule has 0 spiro atoms. The van der Waals surface area contributed by atoms with Crippen molar-refractivity contribution in [3.8, 4) is 22.6 Å². The number of nitrogens with zero attached hydrogens (tertiary/aromatic N) is 4. The first kappa shape index (κ1) is 28.5. The van der Waals surface area contributed by atoms with Crippen molar-refractivity contribution in [1.29, 1.82) is 0 Å². The smallest absolute Gasteiger partial charge is 0.270 e. The molecule has 6 rings (SSSR count). The van der Waals surface area contributed by atoms with E-state index < -0.39 is 0 Å². The van der Waals surface area contributed by atoms with Gasteiger partial charge in [-0.05, 0) is 48.0 Å². The third kappa shape index (κ3) is 5.49. The Labute approximate surface area is 251 Å². The third-order valence-corrected chi connectivity index (χ3v) is 8.39. The van der Waals surface area contributed by atoms with Gasteiger partial charge in [-0.2, -0.15) is 0 Å². The minimum absolute atomic E-state index is 0.0104. The van der Waals surface area contributed by atoms with E-state index in [9.17, 15) is 14.7 Å². The lowest BCUT2D eigenvalue weighted by Crippen LogP contribution is -2.49. The highest BCUT2D eigenvalue weighted by Crippen LogP contribution is 2.38. The number of fused-ring (bicyclic) bond motifs is 2. The Morgan fingerprint density at radius 2 is 1.49 bits per heavy atom. The van der Waals surface area contributed by atoms with Crippen LogP contribution in [0.15, 0.2) is 78.9 Å². The summed E-state index contributed by atoms with van der Waals surface area (Å²) in [6.45, 7) is 4.27. The van der Waals surface area contributed by atoms with Crippen LogP contribution in [0, 0.1) is 0 Å². The molecule has 222 valence electrons. The summed E-state index contributed by atoms with van der Waals surface area (Å²) in [6, 6.07) is 24.9. The van der Waals surface area contributed by atoms with Crippen molar-refractivity contribution in [2.75, 3.05) is 58.5 Å². The third-order valence-electron chi connectivity index (χ3n) is 8.39. The van der Waals surface area contributed by atoms with Crippen LogP contribution in [0.1, 0.15) is 32.1 Å². The molecule has 0 atom stereocenters. The van der Waals surface area contributed by atoms with Crippen LogP contribution in [0.5, 0.6) is 11.5 Å². The Kier molecular flexibility index (Phi) is 8.18. The molecule has 0 saturated carbocycles. The van der Waals surface area contributed by atoms with E-state index in [4.69, 9.17) is 9.47 Å². The number of aliphatic hydroxyl groups excluding tert-OH is 1. The minimum atomic E-state index is -0.153. The Morgan fingerprint density at radius 3 is 2.26 bits per heavy atom. The highest BCUT2D eigenvalue weighted by Gasteiger charge is 2.30. The summed E-state index contributed by atoms with van der Waals surface area (Å²) in [7, 11) is 3.23. The molecule has 0 radical (unpaired) electrons. The van der Waals surface area contributed by atoms with E-state index in [2.05, 4.69) is 4.90 Å². The first-order chi connectivity index (χ1) is 21.0. The topological polar surface area (TPSA) is 87.5 Å². The molecule has 43 heavy (non-hydrogen) atoms.